The number of nitrogens with zero attached hydrogens (tertiary/aromatic N) is 1. The summed E-state index contributed by atoms with van der Waals surface area (Å²) < 4.78 is 0. The molecule has 1 aliphatic heterocycles. The molecule has 0 unspecified atom stereocenters. The lowest BCUT2D eigenvalue weighted by Gasteiger charge is -2.31. The van der Waals surface area contributed by atoms with E-state index in [2.05, 4.69) is 34.5 Å². The first kappa shape index (κ1) is 15.9. The van der Waals surface area contributed by atoms with Crippen molar-refractivity contribution < 1.29 is 4.79 Å². The van der Waals surface area contributed by atoms with E-state index in [1.165, 1.54) is 11.3 Å². The minimum absolute atomic E-state index is 0.0629. The maximum Gasteiger partial charge on any atom is 0.222 e. The molecule has 2 aromatic rings. The number of aryl methyl sites for hydroxylation is 1. The lowest BCUT2D eigenvalue weighted by atomic mass is 10.0. The smallest absolute Gasteiger partial charge is 0.222 e. The summed E-state index contributed by atoms with van der Waals surface area (Å²) in [6, 6.07) is 16.1. The van der Waals surface area contributed by atoms with E-state index >= 15 is 0 Å². The van der Waals surface area contributed by atoms with Crippen molar-refractivity contribution in [2.45, 2.75) is 25.8 Å². The molecule has 0 aliphatic carbocycles. The highest BCUT2D eigenvalue weighted by Crippen LogP contribution is 2.26. The molecule has 2 aromatic carbocycles. The van der Waals surface area contributed by atoms with Gasteiger partial charge in [-0.2, -0.15) is 0 Å². The molecule has 0 saturated carbocycles. The largest absolute Gasteiger partial charge is 0.371 e. The number of carbonyl (C=O) groups is 1. The number of hydrogen-bond donors (Lipinski definition) is 1. The maximum absolute atomic E-state index is 12.1. The second kappa shape index (κ2) is 7.51. The normalized spacial score (nSPS) is 13.5. The molecular weight excluding hydrogens is 308 g/mol. The number of hydrogen-bond acceptors (Lipinski definition) is 2. The van der Waals surface area contributed by atoms with E-state index in [0.717, 1.165) is 31.5 Å². The zero-order valence-corrected chi connectivity index (χ0v) is 13.9. The number of anilines is 1. The molecule has 1 aliphatic rings. The summed E-state index contributed by atoms with van der Waals surface area (Å²) in [4.78, 5) is 14.4. The van der Waals surface area contributed by atoms with E-state index in [1.54, 1.807) is 0 Å². The lowest BCUT2D eigenvalue weighted by molar-refractivity contribution is -0.121. The molecule has 0 fully saturated rings. The van der Waals surface area contributed by atoms with Gasteiger partial charge in [0.05, 0.1) is 0 Å². The molecule has 1 N–H and O–H groups in total. The highest BCUT2D eigenvalue weighted by molar-refractivity contribution is 6.31. The predicted molar refractivity (Wildman–Crippen MR) is 94.9 cm³/mol. The third kappa shape index (κ3) is 4.05. The topological polar surface area (TPSA) is 32.3 Å². The summed E-state index contributed by atoms with van der Waals surface area (Å²) in [6.07, 6.45) is 2.78. The van der Waals surface area contributed by atoms with Gasteiger partial charge in [-0.3, -0.25) is 4.79 Å². The van der Waals surface area contributed by atoms with Crippen LogP contribution in [0.25, 0.3) is 0 Å². The molecule has 0 bridgehead atoms. The first-order valence-corrected chi connectivity index (χ1v) is 8.45. The summed E-state index contributed by atoms with van der Waals surface area (Å²) in [7, 11) is 0. The number of benzene rings is 2. The summed E-state index contributed by atoms with van der Waals surface area (Å²) in [5, 5.41) is 3.65. The predicted octanol–water partition coefficient (Wildman–Crippen LogP) is 3.80. The van der Waals surface area contributed by atoms with Crippen LogP contribution in [0.2, 0.25) is 5.02 Å². The Hall–Kier alpha value is -2.00. The second-order valence-electron chi connectivity index (χ2n) is 5.84. The second-order valence-corrected chi connectivity index (χ2v) is 6.24. The molecule has 3 nitrogen and oxygen atoms in total. The molecule has 4 heteroatoms. The maximum atomic E-state index is 12.1. The highest BCUT2D eigenvalue weighted by atomic mass is 35.5. The van der Waals surface area contributed by atoms with Crippen LogP contribution in [0.5, 0.6) is 0 Å². The fraction of sp³-hybridized carbons (Fsp3) is 0.316. The number of rotatable bonds is 5. The SMILES string of the molecule is O=C(CCN1CCCc2ccccc21)NCc1ccccc1Cl. The van der Waals surface area contributed by atoms with Gasteiger partial charge in [-0.25, -0.2) is 0 Å². The van der Waals surface area contributed by atoms with Crippen LogP contribution in [0.1, 0.15) is 24.0 Å². The zero-order valence-electron chi connectivity index (χ0n) is 13.1. The standard InChI is InChI=1S/C19H21ClN2O/c20-17-9-3-1-7-16(17)14-21-19(23)11-13-22-12-5-8-15-6-2-4-10-18(15)22/h1-4,6-7,9-10H,5,8,11-14H2,(H,21,23). The molecule has 0 radical (unpaired) electrons. The Kier molecular flexibility index (Phi) is 5.19. The van der Waals surface area contributed by atoms with Crippen molar-refractivity contribution in [1.29, 1.82) is 0 Å². The van der Waals surface area contributed by atoms with Gasteiger partial charge in [0.1, 0.15) is 0 Å². The molecule has 1 heterocycles. The molecule has 0 aromatic heterocycles. The van der Waals surface area contributed by atoms with E-state index in [0.29, 0.717) is 18.0 Å². The van der Waals surface area contributed by atoms with E-state index < -0.39 is 0 Å². The van der Waals surface area contributed by atoms with Crippen molar-refractivity contribution in [2.24, 2.45) is 0 Å². The van der Waals surface area contributed by atoms with Crippen LogP contribution in [-0.2, 0) is 17.8 Å². The Morgan fingerprint density at radius 2 is 1.91 bits per heavy atom. The van der Waals surface area contributed by atoms with Crippen molar-refractivity contribution in [3.8, 4) is 0 Å². The Morgan fingerprint density at radius 1 is 1.13 bits per heavy atom. The van der Waals surface area contributed by atoms with Crippen LogP contribution < -0.4 is 10.2 Å². The summed E-state index contributed by atoms with van der Waals surface area (Å²) in [5.41, 5.74) is 3.61. The van der Waals surface area contributed by atoms with Crippen molar-refractivity contribution in [1.82, 2.24) is 5.32 Å². The monoisotopic (exact) mass is 328 g/mol. The van der Waals surface area contributed by atoms with Crippen molar-refractivity contribution in [3.63, 3.8) is 0 Å². The molecule has 0 atom stereocenters. The van der Waals surface area contributed by atoms with Gasteiger partial charge in [-0.05, 0) is 36.1 Å². The number of amides is 1. The quantitative estimate of drug-likeness (QED) is 0.905. The van der Waals surface area contributed by atoms with Gasteiger partial charge in [0, 0.05) is 36.8 Å². The van der Waals surface area contributed by atoms with Gasteiger partial charge in [-0.15, -0.1) is 0 Å². The van der Waals surface area contributed by atoms with Crippen molar-refractivity contribution in [3.05, 3.63) is 64.7 Å². The van der Waals surface area contributed by atoms with Crippen LogP contribution in [-0.4, -0.2) is 19.0 Å². The van der Waals surface area contributed by atoms with E-state index in [1.807, 2.05) is 24.3 Å². The summed E-state index contributed by atoms with van der Waals surface area (Å²) in [5.74, 6) is 0.0629. The molecule has 1 amide bonds. The van der Waals surface area contributed by atoms with Crippen LogP contribution in [0.15, 0.2) is 48.5 Å². The Bertz CT molecular complexity index is 687. The van der Waals surface area contributed by atoms with Gasteiger partial charge < -0.3 is 10.2 Å². The average molecular weight is 329 g/mol. The zero-order chi connectivity index (χ0) is 16.1. The first-order chi connectivity index (χ1) is 11.2. The first-order valence-electron chi connectivity index (χ1n) is 8.07. The molecule has 23 heavy (non-hydrogen) atoms. The average Bonchev–Trinajstić information content (AvgIpc) is 2.59. The summed E-state index contributed by atoms with van der Waals surface area (Å²) in [6.45, 7) is 2.26. The molecule has 0 saturated heterocycles. The Labute approximate surface area is 142 Å². The number of para-hydroxylation sites is 1. The van der Waals surface area contributed by atoms with E-state index in [4.69, 9.17) is 11.6 Å². The van der Waals surface area contributed by atoms with Gasteiger partial charge >= 0.3 is 0 Å². The number of nitrogens with one attached hydrogen (secondary N) is 1. The van der Waals surface area contributed by atoms with Gasteiger partial charge in [0.2, 0.25) is 5.91 Å². The highest BCUT2D eigenvalue weighted by Gasteiger charge is 2.16. The molecule has 120 valence electrons. The van der Waals surface area contributed by atoms with Gasteiger partial charge in [-0.1, -0.05) is 48.0 Å². The number of halogens is 1. The van der Waals surface area contributed by atoms with Gasteiger partial charge in [0.25, 0.3) is 0 Å². The minimum Gasteiger partial charge on any atom is -0.371 e. The van der Waals surface area contributed by atoms with Crippen LogP contribution in [0, 0.1) is 0 Å². The fourth-order valence-corrected chi connectivity index (χ4v) is 3.21. The third-order valence-electron chi connectivity index (χ3n) is 4.25. The van der Waals surface area contributed by atoms with Gasteiger partial charge in [0.15, 0.2) is 0 Å². The fourth-order valence-electron chi connectivity index (χ4n) is 3.00. The van der Waals surface area contributed by atoms with Crippen molar-refractivity contribution in [2.75, 3.05) is 18.0 Å². The van der Waals surface area contributed by atoms with E-state index in [9.17, 15) is 4.79 Å². The summed E-state index contributed by atoms with van der Waals surface area (Å²) >= 11 is 6.10. The Balaban J connectivity index is 1.51. The van der Waals surface area contributed by atoms with Crippen molar-refractivity contribution >= 4 is 23.2 Å². The molecule has 0 spiro atoms. The van der Waals surface area contributed by atoms with Crippen LogP contribution in [0.4, 0.5) is 5.69 Å². The molecular formula is C19H21ClN2O. The third-order valence-corrected chi connectivity index (χ3v) is 4.62. The van der Waals surface area contributed by atoms with Crippen LogP contribution in [0.3, 0.4) is 0 Å². The lowest BCUT2D eigenvalue weighted by Crippen LogP contribution is -2.34. The molecule has 3 rings (SSSR count). The number of carbonyl (C=O) groups excluding carboxylic acids is 1. The number of fused-ring (bicyclic) bond motifs is 1. The Morgan fingerprint density at radius 3 is 2.78 bits per heavy atom. The van der Waals surface area contributed by atoms with E-state index in [-0.39, 0.29) is 5.91 Å². The van der Waals surface area contributed by atoms with Crippen LogP contribution >= 0.6 is 11.6 Å². The minimum atomic E-state index is 0.0629.